The van der Waals surface area contributed by atoms with Crippen molar-refractivity contribution in [3.05, 3.63) is 77.9 Å². The van der Waals surface area contributed by atoms with E-state index in [4.69, 9.17) is 4.74 Å². The van der Waals surface area contributed by atoms with Crippen LogP contribution < -0.4 is 4.74 Å². The van der Waals surface area contributed by atoms with E-state index in [0.717, 1.165) is 37.0 Å². The number of hydrogen-bond acceptors (Lipinski definition) is 1. The highest BCUT2D eigenvalue weighted by Crippen LogP contribution is 2.37. The molecule has 0 bridgehead atoms. The van der Waals surface area contributed by atoms with Gasteiger partial charge in [-0.1, -0.05) is 121 Å². The van der Waals surface area contributed by atoms with E-state index in [2.05, 4.69) is 101 Å². The monoisotopic (exact) mass is 496 g/mol. The Labute approximate surface area is 226 Å². The molecule has 3 aromatic rings. The van der Waals surface area contributed by atoms with Crippen LogP contribution in [0.15, 0.2) is 66.7 Å². The van der Waals surface area contributed by atoms with Crippen molar-refractivity contribution in [1.29, 1.82) is 0 Å². The fourth-order valence-corrected chi connectivity index (χ4v) is 6.23. The summed E-state index contributed by atoms with van der Waals surface area (Å²) < 4.78 is 6.32. The molecule has 0 N–H and O–H groups in total. The predicted molar refractivity (Wildman–Crippen MR) is 160 cm³/mol. The first-order chi connectivity index (χ1) is 18.0. The lowest BCUT2D eigenvalue weighted by Gasteiger charge is -2.30. The van der Waals surface area contributed by atoms with Gasteiger partial charge in [0.2, 0.25) is 0 Å². The van der Waals surface area contributed by atoms with Crippen LogP contribution in [0, 0.1) is 11.3 Å². The van der Waals surface area contributed by atoms with Crippen LogP contribution in [0.5, 0.6) is 5.75 Å². The fraction of sp³-hybridized carbons (Fsp3) is 0.500. The fourth-order valence-electron chi connectivity index (χ4n) is 6.23. The van der Waals surface area contributed by atoms with Gasteiger partial charge < -0.3 is 4.74 Å². The minimum Gasteiger partial charge on any atom is -0.493 e. The Bertz CT molecular complexity index is 1090. The molecule has 0 atom stereocenters. The van der Waals surface area contributed by atoms with E-state index < -0.39 is 0 Å². The minimum absolute atomic E-state index is 0.420. The minimum atomic E-state index is 0.420. The second-order valence-corrected chi connectivity index (χ2v) is 11.5. The number of benzene rings is 3. The number of rotatable bonds is 11. The summed E-state index contributed by atoms with van der Waals surface area (Å²) in [5, 5.41) is 0. The molecule has 0 unspecified atom stereocenters. The second kappa shape index (κ2) is 12.8. The highest BCUT2D eigenvalue weighted by molar-refractivity contribution is 5.71. The van der Waals surface area contributed by atoms with Crippen LogP contribution in [0.4, 0.5) is 0 Å². The lowest BCUT2D eigenvalue weighted by molar-refractivity contribution is 0.173. The van der Waals surface area contributed by atoms with Crippen LogP contribution in [-0.4, -0.2) is 6.61 Å². The number of ether oxygens (including phenoxy) is 1. The van der Waals surface area contributed by atoms with E-state index in [-0.39, 0.29) is 0 Å². The molecule has 1 aliphatic rings. The van der Waals surface area contributed by atoms with Crippen LogP contribution >= 0.6 is 0 Å². The van der Waals surface area contributed by atoms with Gasteiger partial charge in [0.05, 0.1) is 6.61 Å². The van der Waals surface area contributed by atoms with Crippen LogP contribution in [-0.2, 0) is 6.42 Å². The molecule has 1 heteroatoms. The van der Waals surface area contributed by atoms with Crippen molar-refractivity contribution in [1.82, 2.24) is 0 Å². The summed E-state index contributed by atoms with van der Waals surface area (Å²) in [6.07, 6.45) is 11.2. The topological polar surface area (TPSA) is 9.23 Å². The Balaban J connectivity index is 1.41. The van der Waals surface area contributed by atoms with Crippen molar-refractivity contribution in [2.24, 2.45) is 11.3 Å². The van der Waals surface area contributed by atoms with E-state index in [1.165, 1.54) is 78.3 Å². The highest BCUT2D eigenvalue weighted by Gasteiger charge is 2.24. The Hall–Kier alpha value is -2.54. The molecule has 0 heterocycles. The zero-order valence-electron chi connectivity index (χ0n) is 24.0. The second-order valence-electron chi connectivity index (χ2n) is 11.5. The molecule has 1 nitrogen and oxygen atoms in total. The van der Waals surface area contributed by atoms with Gasteiger partial charge in [0.1, 0.15) is 5.75 Å². The molecule has 1 aliphatic carbocycles. The average molecular weight is 497 g/mol. The van der Waals surface area contributed by atoms with E-state index in [9.17, 15) is 0 Å². The summed E-state index contributed by atoms with van der Waals surface area (Å²) in [7, 11) is 0. The molecular formula is C36H48O. The molecular weight excluding hydrogens is 448 g/mol. The lowest BCUT2D eigenvalue weighted by Crippen LogP contribution is -2.21. The maximum Gasteiger partial charge on any atom is 0.122 e. The maximum atomic E-state index is 6.32. The molecule has 198 valence electrons. The largest absolute Gasteiger partial charge is 0.493 e. The van der Waals surface area contributed by atoms with E-state index >= 15 is 0 Å². The van der Waals surface area contributed by atoms with Gasteiger partial charge in [-0.05, 0) is 88.4 Å². The lowest BCUT2D eigenvalue weighted by atomic mass is 9.77. The van der Waals surface area contributed by atoms with Gasteiger partial charge in [-0.15, -0.1) is 0 Å². The Morgan fingerprint density at radius 2 is 1.19 bits per heavy atom. The van der Waals surface area contributed by atoms with Crippen molar-refractivity contribution in [2.45, 2.75) is 98.3 Å². The smallest absolute Gasteiger partial charge is 0.122 e. The summed E-state index contributed by atoms with van der Waals surface area (Å²) in [4.78, 5) is 0. The van der Waals surface area contributed by atoms with E-state index in [1.54, 1.807) is 0 Å². The molecule has 4 rings (SSSR count). The molecule has 1 saturated carbocycles. The molecule has 0 radical (unpaired) electrons. The van der Waals surface area contributed by atoms with Gasteiger partial charge in [0, 0.05) is 0 Å². The van der Waals surface area contributed by atoms with Crippen molar-refractivity contribution < 1.29 is 4.74 Å². The zero-order chi connectivity index (χ0) is 26.3. The third kappa shape index (κ3) is 6.67. The first kappa shape index (κ1) is 27.5. The first-order valence-electron chi connectivity index (χ1n) is 15.0. The van der Waals surface area contributed by atoms with Crippen LogP contribution in [0.2, 0.25) is 0 Å². The molecule has 3 aromatic carbocycles. The van der Waals surface area contributed by atoms with Gasteiger partial charge in [-0.3, -0.25) is 0 Å². The molecule has 0 amide bonds. The van der Waals surface area contributed by atoms with Crippen molar-refractivity contribution >= 4 is 0 Å². The molecule has 0 saturated heterocycles. The Kier molecular flexibility index (Phi) is 9.52. The van der Waals surface area contributed by atoms with Gasteiger partial charge in [0.25, 0.3) is 0 Å². The third-order valence-electron chi connectivity index (χ3n) is 9.53. The SMILES string of the molecule is CCc1cc(-c2ccc(-c3ccc(C4CCC(C)CC4)cc3)cc2)ccc1OCCC(CC)(CC)CC. The summed E-state index contributed by atoms with van der Waals surface area (Å²) in [5.74, 6) is 2.70. The van der Waals surface area contributed by atoms with Gasteiger partial charge >= 0.3 is 0 Å². The quantitative estimate of drug-likeness (QED) is 0.256. The standard InChI is InChI=1S/C36H48O/c1-6-28-26-34(22-23-35(28)37-25-24-36(7-2,8-3)9-4)33-20-18-32(19-21-33)31-16-14-30(15-17-31)29-12-10-27(5)11-13-29/h14-23,26-27,29H,6-13,24-25H2,1-5H3. The van der Waals surface area contributed by atoms with Crippen molar-refractivity contribution in [3.63, 3.8) is 0 Å². The molecule has 37 heavy (non-hydrogen) atoms. The van der Waals surface area contributed by atoms with Crippen LogP contribution in [0.25, 0.3) is 22.3 Å². The molecule has 1 fully saturated rings. The van der Waals surface area contributed by atoms with E-state index in [1.807, 2.05) is 0 Å². The van der Waals surface area contributed by atoms with Gasteiger partial charge in [-0.2, -0.15) is 0 Å². The number of aryl methyl sites for hydroxylation is 1. The maximum absolute atomic E-state index is 6.32. The highest BCUT2D eigenvalue weighted by atomic mass is 16.5. The molecule has 0 spiro atoms. The summed E-state index contributed by atoms with van der Waals surface area (Å²) in [6.45, 7) is 12.4. The van der Waals surface area contributed by atoms with Gasteiger partial charge in [0.15, 0.2) is 0 Å². The van der Waals surface area contributed by atoms with Crippen molar-refractivity contribution in [2.75, 3.05) is 6.61 Å². The summed E-state index contributed by atoms with van der Waals surface area (Å²) in [5.41, 5.74) is 8.36. The Morgan fingerprint density at radius 1 is 0.676 bits per heavy atom. The normalized spacial score (nSPS) is 18.1. The third-order valence-corrected chi connectivity index (χ3v) is 9.53. The van der Waals surface area contributed by atoms with E-state index in [0.29, 0.717) is 5.41 Å². The van der Waals surface area contributed by atoms with Gasteiger partial charge in [-0.25, -0.2) is 0 Å². The number of hydrogen-bond donors (Lipinski definition) is 0. The van der Waals surface area contributed by atoms with Crippen LogP contribution in [0.1, 0.15) is 103 Å². The Morgan fingerprint density at radius 3 is 1.73 bits per heavy atom. The molecule has 0 aliphatic heterocycles. The molecule has 0 aromatic heterocycles. The average Bonchev–Trinajstić information content (AvgIpc) is 2.96. The van der Waals surface area contributed by atoms with Crippen LogP contribution in [0.3, 0.4) is 0 Å². The summed E-state index contributed by atoms with van der Waals surface area (Å²) in [6, 6.07) is 25.1. The summed E-state index contributed by atoms with van der Waals surface area (Å²) >= 11 is 0. The predicted octanol–water partition coefficient (Wildman–Crippen LogP) is 10.9. The first-order valence-corrected chi connectivity index (χ1v) is 15.0. The zero-order valence-corrected chi connectivity index (χ0v) is 24.0. The van der Waals surface area contributed by atoms with Crippen molar-refractivity contribution in [3.8, 4) is 28.0 Å².